The molecule has 102 valence electrons. The Morgan fingerprint density at radius 2 is 1.95 bits per heavy atom. The van der Waals surface area contributed by atoms with Crippen molar-refractivity contribution in [2.24, 2.45) is 0 Å². The number of epoxide rings is 1. The molecule has 2 rings (SSSR count). The maximum absolute atomic E-state index is 11.8. The van der Waals surface area contributed by atoms with E-state index >= 15 is 0 Å². The number of benzene rings is 1. The fourth-order valence-electron chi connectivity index (χ4n) is 1.53. The Kier molecular flexibility index (Phi) is 4.29. The van der Waals surface area contributed by atoms with Crippen molar-refractivity contribution < 1.29 is 19.1 Å². The van der Waals surface area contributed by atoms with Crippen molar-refractivity contribution in [2.45, 2.75) is 19.1 Å². The highest BCUT2D eigenvalue weighted by atomic mass is 35.5. The van der Waals surface area contributed by atoms with Crippen LogP contribution in [0.15, 0.2) is 18.2 Å². The minimum absolute atomic E-state index is 0.239. The number of halogens is 2. The zero-order valence-corrected chi connectivity index (χ0v) is 11.5. The van der Waals surface area contributed by atoms with E-state index in [-0.39, 0.29) is 6.61 Å². The predicted octanol–water partition coefficient (Wildman–Crippen LogP) is 2.26. The van der Waals surface area contributed by atoms with E-state index in [2.05, 4.69) is 5.32 Å². The van der Waals surface area contributed by atoms with Gasteiger partial charge in [-0.05, 0) is 19.1 Å². The van der Waals surface area contributed by atoms with Crippen molar-refractivity contribution in [2.75, 3.05) is 11.9 Å². The van der Waals surface area contributed by atoms with Gasteiger partial charge >= 0.3 is 5.97 Å². The molecule has 0 aliphatic carbocycles. The number of anilines is 1. The highest BCUT2D eigenvalue weighted by Crippen LogP contribution is 2.32. The summed E-state index contributed by atoms with van der Waals surface area (Å²) in [6.45, 7) is 1.92. The molecule has 5 nitrogen and oxygen atoms in total. The summed E-state index contributed by atoms with van der Waals surface area (Å²) in [5.74, 6) is -1.03. The lowest BCUT2D eigenvalue weighted by Crippen LogP contribution is -2.24. The van der Waals surface area contributed by atoms with E-state index in [0.29, 0.717) is 15.7 Å². The summed E-state index contributed by atoms with van der Waals surface area (Å²) in [5.41, 5.74) is 0.300. The molecule has 1 aromatic rings. The molecule has 1 aliphatic heterocycles. The van der Waals surface area contributed by atoms with Crippen molar-refractivity contribution in [3.8, 4) is 0 Å². The number of esters is 1. The van der Waals surface area contributed by atoms with Crippen molar-refractivity contribution in [1.82, 2.24) is 0 Å². The third-order valence-electron chi connectivity index (χ3n) is 2.48. The number of para-hydroxylation sites is 1. The quantitative estimate of drug-likeness (QED) is 0.684. The van der Waals surface area contributed by atoms with E-state index in [1.165, 1.54) is 0 Å². The zero-order valence-electron chi connectivity index (χ0n) is 9.98. The molecule has 1 aromatic carbocycles. The fourth-order valence-corrected chi connectivity index (χ4v) is 2.02. The van der Waals surface area contributed by atoms with Gasteiger partial charge < -0.3 is 14.8 Å². The summed E-state index contributed by atoms with van der Waals surface area (Å²) >= 11 is 11.8. The number of nitrogens with one attached hydrogen (secondary N) is 1. The molecule has 1 fully saturated rings. The Labute approximate surface area is 119 Å². The molecule has 1 aliphatic rings. The molecule has 0 saturated carbocycles. The van der Waals surface area contributed by atoms with Crippen LogP contribution in [0.4, 0.5) is 5.69 Å². The van der Waals surface area contributed by atoms with Crippen LogP contribution < -0.4 is 5.32 Å². The monoisotopic (exact) mass is 303 g/mol. The molecule has 1 heterocycles. The van der Waals surface area contributed by atoms with Gasteiger partial charge in [0.05, 0.1) is 22.3 Å². The molecule has 0 bridgehead atoms. The lowest BCUT2D eigenvalue weighted by Gasteiger charge is -2.07. The number of carbonyl (C=O) groups is 2. The van der Waals surface area contributed by atoms with Crippen LogP contribution in [0.1, 0.15) is 6.92 Å². The van der Waals surface area contributed by atoms with Crippen LogP contribution in [-0.2, 0) is 19.1 Å². The van der Waals surface area contributed by atoms with E-state index in [0.717, 1.165) is 0 Å². The van der Waals surface area contributed by atoms with Crippen LogP contribution in [0, 0.1) is 0 Å². The van der Waals surface area contributed by atoms with Crippen molar-refractivity contribution in [3.63, 3.8) is 0 Å². The van der Waals surface area contributed by atoms with Crippen LogP contribution in [-0.4, -0.2) is 30.7 Å². The summed E-state index contributed by atoms with van der Waals surface area (Å²) in [6, 6.07) is 4.86. The van der Waals surface area contributed by atoms with E-state index in [1.54, 1.807) is 25.1 Å². The largest absolute Gasteiger partial charge is 0.464 e. The molecule has 1 N–H and O–H groups in total. The number of rotatable bonds is 4. The molecule has 2 unspecified atom stereocenters. The smallest absolute Gasteiger partial charge is 0.338 e. The maximum atomic E-state index is 11.8. The molecule has 0 aromatic heterocycles. The summed E-state index contributed by atoms with van der Waals surface area (Å²) < 4.78 is 9.72. The third kappa shape index (κ3) is 3.18. The van der Waals surface area contributed by atoms with Crippen LogP contribution in [0.2, 0.25) is 10.0 Å². The van der Waals surface area contributed by atoms with E-state index in [9.17, 15) is 9.59 Å². The lowest BCUT2D eigenvalue weighted by atomic mass is 10.2. The van der Waals surface area contributed by atoms with Gasteiger partial charge in [-0.15, -0.1) is 0 Å². The lowest BCUT2D eigenvalue weighted by molar-refractivity contribution is -0.144. The molecule has 19 heavy (non-hydrogen) atoms. The zero-order chi connectivity index (χ0) is 14.0. The van der Waals surface area contributed by atoms with Gasteiger partial charge in [0.1, 0.15) is 0 Å². The molecule has 2 atom stereocenters. The summed E-state index contributed by atoms with van der Waals surface area (Å²) in [4.78, 5) is 23.2. The van der Waals surface area contributed by atoms with Crippen molar-refractivity contribution in [1.29, 1.82) is 0 Å². The number of carbonyl (C=O) groups excluding carboxylic acids is 2. The topological polar surface area (TPSA) is 67.9 Å². The Hall–Kier alpha value is -1.30. The third-order valence-corrected chi connectivity index (χ3v) is 3.11. The number of hydrogen-bond donors (Lipinski definition) is 1. The van der Waals surface area contributed by atoms with Gasteiger partial charge in [-0.25, -0.2) is 4.79 Å². The summed E-state index contributed by atoms with van der Waals surface area (Å²) in [7, 11) is 0. The second-order valence-corrected chi connectivity index (χ2v) is 4.63. The number of amides is 1. The molecular formula is C12H11Cl2NO4. The first-order valence-corrected chi connectivity index (χ1v) is 6.37. The van der Waals surface area contributed by atoms with Crippen molar-refractivity contribution >= 4 is 40.8 Å². The predicted molar refractivity (Wildman–Crippen MR) is 70.4 cm³/mol. The maximum Gasteiger partial charge on any atom is 0.338 e. The highest BCUT2D eigenvalue weighted by Gasteiger charge is 2.51. The Morgan fingerprint density at radius 3 is 2.53 bits per heavy atom. The minimum atomic E-state index is -0.855. The van der Waals surface area contributed by atoms with Crippen LogP contribution in [0.3, 0.4) is 0 Å². The van der Waals surface area contributed by atoms with Gasteiger partial charge in [0.2, 0.25) is 0 Å². The first-order valence-electron chi connectivity index (χ1n) is 5.61. The normalized spacial score (nSPS) is 20.8. The van der Waals surface area contributed by atoms with Crippen molar-refractivity contribution in [3.05, 3.63) is 28.2 Å². The van der Waals surface area contributed by atoms with Gasteiger partial charge in [-0.2, -0.15) is 0 Å². The Balaban J connectivity index is 1.98. The standard InChI is InChI=1S/C12H11Cl2NO4/c1-2-18-12(17)10-9(19-10)11(16)15-8-6(13)4-3-5-7(8)14/h3-5,9-10H,2H2,1H3,(H,15,16). The van der Waals surface area contributed by atoms with Crippen LogP contribution >= 0.6 is 23.2 Å². The number of ether oxygens (including phenoxy) is 2. The fraction of sp³-hybridized carbons (Fsp3) is 0.333. The van der Waals surface area contributed by atoms with Gasteiger partial charge in [0.25, 0.3) is 5.91 Å². The van der Waals surface area contributed by atoms with Gasteiger partial charge in [-0.3, -0.25) is 4.79 Å². The first kappa shape index (κ1) is 14.1. The average molecular weight is 304 g/mol. The molecule has 1 saturated heterocycles. The van der Waals surface area contributed by atoms with Gasteiger partial charge in [0.15, 0.2) is 12.2 Å². The van der Waals surface area contributed by atoms with E-state index in [1.807, 2.05) is 0 Å². The van der Waals surface area contributed by atoms with Gasteiger partial charge in [-0.1, -0.05) is 29.3 Å². The molecule has 7 heteroatoms. The summed E-state index contributed by atoms with van der Waals surface area (Å²) in [6.07, 6.45) is -1.70. The van der Waals surface area contributed by atoms with E-state index < -0.39 is 24.1 Å². The van der Waals surface area contributed by atoms with Crippen LogP contribution in [0.25, 0.3) is 0 Å². The average Bonchev–Trinajstić information content (AvgIpc) is 3.14. The molecule has 1 amide bonds. The molecule has 0 spiro atoms. The molecular weight excluding hydrogens is 293 g/mol. The van der Waals surface area contributed by atoms with E-state index in [4.69, 9.17) is 32.7 Å². The highest BCUT2D eigenvalue weighted by molar-refractivity contribution is 6.39. The first-order chi connectivity index (χ1) is 9.04. The number of hydrogen-bond acceptors (Lipinski definition) is 4. The molecule has 0 radical (unpaired) electrons. The van der Waals surface area contributed by atoms with Crippen LogP contribution in [0.5, 0.6) is 0 Å². The Bertz CT molecular complexity index is 500. The second kappa shape index (κ2) is 5.77. The second-order valence-electron chi connectivity index (χ2n) is 3.82. The minimum Gasteiger partial charge on any atom is -0.464 e. The van der Waals surface area contributed by atoms with Gasteiger partial charge in [0, 0.05) is 0 Å². The summed E-state index contributed by atoms with van der Waals surface area (Å²) in [5, 5.41) is 3.16. The SMILES string of the molecule is CCOC(=O)C1OC1C(=O)Nc1c(Cl)cccc1Cl. The Morgan fingerprint density at radius 1 is 1.32 bits per heavy atom.